The number of ketones is 1. The summed E-state index contributed by atoms with van der Waals surface area (Å²) in [7, 11) is 1.60. The van der Waals surface area contributed by atoms with E-state index in [0.717, 1.165) is 29.9 Å². The lowest BCUT2D eigenvalue weighted by Crippen LogP contribution is -2.34. The van der Waals surface area contributed by atoms with Crippen molar-refractivity contribution in [2.45, 2.75) is 32.1 Å². The molecule has 0 unspecified atom stereocenters. The molecule has 0 amide bonds. The predicted molar refractivity (Wildman–Crippen MR) is 120 cm³/mol. The molecule has 32 heavy (non-hydrogen) atoms. The Morgan fingerprint density at radius 3 is 2.59 bits per heavy atom. The van der Waals surface area contributed by atoms with Gasteiger partial charge in [-0.05, 0) is 49.6 Å². The molecule has 2 aromatic rings. The Morgan fingerprint density at radius 1 is 1.03 bits per heavy atom. The van der Waals surface area contributed by atoms with Gasteiger partial charge in [0.15, 0.2) is 5.78 Å². The average Bonchev–Trinajstić information content (AvgIpc) is 2.81. The number of para-hydroxylation sites is 1. The van der Waals surface area contributed by atoms with Crippen molar-refractivity contribution < 1.29 is 23.8 Å². The van der Waals surface area contributed by atoms with Crippen LogP contribution in [0.5, 0.6) is 11.5 Å². The van der Waals surface area contributed by atoms with Crippen LogP contribution >= 0.6 is 0 Å². The summed E-state index contributed by atoms with van der Waals surface area (Å²) in [5, 5.41) is 3.30. The molecular weight excluding hydrogens is 406 g/mol. The van der Waals surface area contributed by atoms with E-state index in [1.165, 1.54) is 0 Å². The van der Waals surface area contributed by atoms with Crippen LogP contribution in [0.15, 0.2) is 77.1 Å². The topological polar surface area (TPSA) is 73.9 Å². The smallest absolute Gasteiger partial charge is 0.336 e. The Bertz CT molecular complexity index is 1070. The van der Waals surface area contributed by atoms with Crippen molar-refractivity contribution in [3.8, 4) is 11.5 Å². The lowest BCUT2D eigenvalue weighted by molar-refractivity contribution is -0.140. The third-order valence-electron chi connectivity index (χ3n) is 5.75. The predicted octanol–water partition coefficient (Wildman–Crippen LogP) is 4.29. The first-order valence-corrected chi connectivity index (χ1v) is 10.8. The van der Waals surface area contributed by atoms with Crippen LogP contribution in [-0.2, 0) is 14.3 Å². The van der Waals surface area contributed by atoms with Crippen LogP contribution in [0.4, 0.5) is 0 Å². The summed E-state index contributed by atoms with van der Waals surface area (Å²) in [5.41, 5.74) is 3.55. The Morgan fingerprint density at radius 2 is 1.81 bits per heavy atom. The number of esters is 1. The largest absolute Gasteiger partial charge is 0.497 e. The number of hydrogen-bond donors (Lipinski definition) is 1. The molecule has 1 aliphatic heterocycles. The molecule has 1 aliphatic carbocycles. The fraction of sp³-hybridized carbons (Fsp3) is 0.308. The number of methoxy groups -OCH3 is 1. The summed E-state index contributed by atoms with van der Waals surface area (Å²) in [6, 6.07) is 16.9. The van der Waals surface area contributed by atoms with Crippen LogP contribution in [0.1, 0.15) is 37.7 Å². The van der Waals surface area contributed by atoms with Crippen molar-refractivity contribution in [3.63, 3.8) is 0 Å². The Labute approximate surface area is 187 Å². The molecule has 6 nitrogen and oxygen atoms in total. The van der Waals surface area contributed by atoms with Crippen molar-refractivity contribution in [3.05, 3.63) is 82.7 Å². The second-order valence-electron chi connectivity index (χ2n) is 7.84. The summed E-state index contributed by atoms with van der Waals surface area (Å²) in [4.78, 5) is 26.1. The van der Waals surface area contributed by atoms with Gasteiger partial charge in [0.1, 0.15) is 24.7 Å². The van der Waals surface area contributed by atoms with Gasteiger partial charge in [-0.25, -0.2) is 4.79 Å². The van der Waals surface area contributed by atoms with Crippen molar-refractivity contribution in [1.82, 2.24) is 5.32 Å². The lowest BCUT2D eigenvalue weighted by Gasteiger charge is -2.34. The van der Waals surface area contributed by atoms with Gasteiger partial charge in [0.05, 0.1) is 12.7 Å². The van der Waals surface area contributed by atoms with E-state index >= 15 is 0 Å². The molecule has 0 saturated heterocycles. The van der Waals surface area contributed by atoms with Crippen LogP contribution in [0.2, 0.25) is 0 Å². The van der Waals surface area contributed by atoms with E-state index in [0.29, 0.717) is 29.0 Å². The maximum absolute atomic E-state index is 13.2. The van der Waals surface area contributed by atoms with Gasteiger partial charge in [-0.3, -0.25) is 4.79 Å². The molecule has 0 saturated carbocycles. The first kappa shape index (κ1) is 21.7. The molecule has 0 aromatic heterocycles. The summed E-state index contributed by atoms with van der Waals surface area (Å²) in [6.45, 7) is 2.20. The summed E-state index contributed by atoms with van der Waals surface area (Å²) < 4.78 is 16.6. The number of Topliss-reactive ketones (excluding diaryl/α,β-unsaturated/α-hetero) is 1. The highest BCUT2D eigenvalue weighted by atomic mass is 16.6. The van der Waals surface area contributed by atoms with Gasteiger partial charge < -0.3 is 19.5 Å². The number of benzene rings is 2. The van der Waals surface area contributed by atoms with Crippen molar-refractivity contribution in [2.75, 3.05) is 20.3 Å². The minimum atomic E-state index is -0.489. The van der Waals surface area contributed by atoms with Gasteiger partial charge in [0, 0.05) is 29.3 Å². The Kier molecular flexibility index (Phi) is 6.59. The summed E-state index contributed by atoms with van der Waals surface area (Å²) >= 11 is 0. The lowest BCUT2D eigenvalue weighted by atomic mass is 9.75. The summed E-state index contributed by atoms with van der Waals surface area (Å²) in [6.07, 6.45) is 2.07. The quantitative estimate of drug-likeness (QED) is 0.519. The molecule has 0 fully saturated rings. The standard InChI is InChI=1S/C26H27NO5/c1-17-23(26(29)32-15-14-31-19-9-4-3-5-10-19)24(18-8-6-11-20(16-18)30-2)25-21(27-17)12-7-13-22(25)28/h3-6,8-11,16,24,27H,7,12-15H2,1-2H3/t24-/m0/s1. The van der Waals surface area contributed by atoms with Crippen molar-refractivity contribution >= 4 is 11.8 Å². The molecule has 2 aromatic carbocycles. The second-order valence-corrected chi connectivity index (χ2v) is 7.84. The van der Waals surface area contributed by atoms with E-state index in [4.69, 9.17) is 14.2 Å². The molecule has 1 atom stereocenters. The van der Waals surface area contributed by atoms with Crippen LogP contribution in [0.3, 0.4) is 0 Å². The number of allylic oxidation sites excluding steroid dienone is 3. The zero-order valence-corrected chi connectivity index (χ0v) is 18.4. The molecule has 1 heterocycles. The zero-order valence-electron chi connectivity index (χ0n) is 18.4. The first-order valence-electron chi connectivity index (χ1n) is 10.8. The third kappa shape index (κ3) is 4.54. The van der Waals surface area contributed by atoms with Crippen LogP contribution in [0.25, 0.3) is 0 Å². The molecule has 0 spiro atoms. The van der Waals surface area contributed by atoms with Crippen LogP contribution in [-0.4, -0.2) is 32.1 Å². The molecule has 166 valence electrons. The molecule has 4 rings (SSSR count). The molecule has 6 heteroatoms. The normalized spacial score (nSPS) is 18.1. The van der Waals surface area contributed by atoms with Gasteiger partial charge in [-0.1, -0.05) is 30.3 Å². The van der Waals surface area contributed by atoms with E-state index in [9.17, 15) is 9.59 Å². The van der Waals surface area contributed by atoms with Gasteiger partial charge >= 0.3 is 5.97 Å². The number of nitrogens with one attached hydrogen (secondary N) is 1. The number of ether oxygens (including phenoxy) is 3. The Balaban J connectivity index is 1.58. The van der Waals surface area contributed by atoms with E-state index in [1.54, 1.807) is 7.11 Å². The van der Waals surface area contributed by atoms with E-state index in [1.807, 2.05) is 61.5 Å². The zero-order chi connectivity index (χ0) is 22.5. The molecule has 1 N–H and O–H groups in total. The first-order chi connectivity index (χ1) is 15.6. The number of carbonyl (C=O) groups excluding carboxylic acids is 2. The summed E-state index contributed by atoms with van der Waals surface area (Å²) in [5.74, 6) is 0.515. The number of rotatable bonds is 7. The SMILES string of the molecule is COc1cccc([C@H]2C(C(=O)OCCOc3ccccc3)=C(C)NC3=C2C(=O)CCC3)c1. The van der Waals surface area contributed by atoms with Crippen LogP contribution < -0.4 is 14.8 Å². The number of carbonyl (C=O) groups is 2. The van der Waals surface area contributed by atoms with Gasteiger partial charge in [0.2, 0.25) is 0 Å². The van der Waals surface area contributed by atoms with Crippen molar-refractivity contribution in [2.24, 2.45) is 0 Å². The van der Waals surface area contributed by atoms with Gasteiger partial charge in [0.25, 0.3) is 0 Å². The minimum Gasteiger partial charge on any atom is -0.497 e. The van der Waals surface area contributed by atoms with Gasteiger partial charge in [-0.2, -0.15) is 0 Å². The highest BCUT2D eigenvalue weighted by molar-refractivity contribution is 6.03. The highest BCUT2D eigenvalue weighted by Gasteiger charge is 2.39. The minimum absolute atomic E-state index is 0.0665. The fourth-order valence-corrected chi connectivity index (χ4v) is 4.30. The number of dihydropyridines is 1. The number of hydrogen-bond acceptors (Lipinski definition) is 6. The molecule has 0 radical (unpaired) electrons. The van der Waals surface area contributed by atoms with Gasteiger partial charge in [-0.15, -0.1) is 0 Å². The maximum atomic E-state index is 13.2. The maximum Gasteiger partial charge on any atom is 0.336 e. The monoisotopic (exact) mass is 433 g/mol. The van der Waals surface area contributed by atoms with E-state index in [2.05, 4.69) is 5.32 Å². The van der Waals surface area contributed by atoms with E-state index < -0.39 is 11.9 Å². The third-order valence-corrected chi connectivity index (χ3v) is 5.75. The Hall–Kier alpha value is -3.54. The molecular formula is C26H27NO5. The highest BCUT2D eigenvalue weighted by Crippen LogP contribution is 2.43. The van der Waals surface area contributed by atoms with Crippen LogP contribution in [0, 0.1) is 0 Å². The second kappa shape index (κ2) is 9.73. The van der Waals surface area contributed by atoms with Crippen molar-refractivity contribution in [1.29, 1.82) is 0 Å². The molecule has 2 aliphatic rings. The molecule has 0 bridgehead atoms. The average molecular weight is 434 g/mol. The van der Waals surface area contributed by atoms with E-state index in [-0.39, 0.29) is 19.0 Å². The fourth-order valence-electron chi connectivity index (χ4n) is 4.30.